The molecule has 0 aromatic heterocycles. The number of unbranched alkanes of at least 4 members (excludes halogenated alkanes) is 1. The Labute approximate surface area is 208 Å². The topological polar surface area (TPSA) is 263 Å². The average molecular weight is 519 g/mol. The van der Waals surface area contributed by atoms with E-state index in [0.717, 1.165) is 0 Å². The van der Waals surface area contributed by atoms with Crippen molar-refractivity contribution in [1.29, 1.82) is 0 Å². The van der Waals surface area contributed by atoms with Crippen LogP contribution in [0.1, 0.15) is 46.5 Å². The summed E-state index contributed by atoms with van der Waals surface area (Å²) in [5, 5.41) is 36.2. The summed E-state index contributed by atoms with van der Waals surface area (Å²) in [6.45, 7) is 4.04. The molecular weight excluding hydrogens is 480 g/mol. The molecule has 0 aromatic rings. The van der Waals surface area contributed by atoms with Crippen LogP contribution in [0.5, 0.6) is 0 Å². The van der Waals surface area contributed by atoms with Crippen molar-refractivity contribution in [2.45, 2.75) is 76.7 Å². The van der Waals surface area contributed by atoms with Gasteiger partial charge in [0.05, 0.1) is 19.1 Å². The third-order valence-corrected chi connectivity index (χ3v) is 5.11. The highest BCUT2D eigenvalue weighted by Crippen LogP contribution is 2.07. The summed E-state index contributed by atoms with van der Waals surface area (Å²) in [6.07, 6.45) is 0.500. The van der Waals surface area contributed by atoms with Crippen molar-refractivity contribution in [2.75, 3.05) is 13.2 Å². The number of amides is 4. The van der Waals surface area contributed by atoms with Gasteiger partial charge in [-0.15, -0.1) is 0 Å². The van der Waals surface area contributed by atoms with Gasteiger partial charge >= 0.3 is 11.9 Å². The van der Waals surface area contributed by atoms with E-state index in [4.69, 9.17) is 26.8 Å². The van der Waals surface area contributed by atoms with E-state index in [1.54, 1.807) is 13.8 Å². The molecule has 0 saturated carbocycles. The van der Waals surface area contributed by atoms with Crippen molar-refractivity contribution in [2.24, 2.45) is 17.4 Å². The molecule has 4 amide bonds. The molecule has 0 bridgehead atoms. The number of carboxylic acid groups (broad SMARTS) is 2. The number of aliphatic hydroxyl groups excluding tert-OH is 1. The zero-order valence-electron chi connectivity index (χ0n) is 20.7. The van der Waals surface area contributed by atoms with Crippen molar-refractivity contribution in [3.8, 4) is 0 Å². The Morgan fingerprint density at radius 1 is 0.778 bits per heavy atom. The summed E-state index contributed by atoms with van der Waals surface area (Å²) >= 11 is 0. The minimum Gasteiger partial charge on any atom is -0.481 e. The number of aliphatic carboxylic acids is 2. The molecule has 0 rings (SSSR count). The monoisotopic (exact) mass is 518 g/mol. The molecule has 0 spiro atoms. The normalized spacial score (nSPS) is 15.1. The highest BCUT2D eigenvalue weighted by atomic mass is 16.4. The lowest BCUT2D eigenvalue weighted by Crippen LogP contribution is -2.59. The molecule has 0 unspecified atom stereocenters. The molecule has 11 N–H and O–H groups in total. The molecule has 15 nitrogen and oxygen atoms in total. The highest BCUT2D eigenvalue weighted by molar-refractivity contribution is 5.95. The first-order valence-corrected chi connectivity index (χ1v) is 11.5. The molecule has 0 aliphatic rings. The van der Waals surface area contributed by atoms with E-state index in [-0.39, 0.29) is 6.42 Å². The van der Waals surface area contributed by atoms with Gasteiger partial charge in [0.1, 0.15) is 24.2 Å². The highest BCUT2D eigenvalue weighted by Gasteiger charge is 2.31. The fraction of sp³-hybridized carbons (Fsp3) is 0.714. The Balaban J connectivity index is 5.42. The molecule has 36 heavy (non-hydrogen) atoms. The number of nitrogens with one attached hydrogen (secondary N) is 4. The maximum atomic E-state index is 12.9. The quantitative estimate of drug-likeness (QED) is 0.0857. The van der Waals surface area contributed by atoms with Crippen LogP contribution in [0.4, 0.5) is 0 Å². The van der Waals surface area contributed by atoms with Crippen molar-refractivity contribution in [1.82, 2.24) is 21.3 Å². The summed E-state index contributed by atoms with van der Waals surface area (Å²) in [5.74, 6) is -6.37. The van der Waals surface area contributed by atoms with E-state index in [0.29, 0.717) is 19.4 Å². The van der Waals surface area contributed by atoms with E-state index in [1.807, 2.05) is 0 Å². The number of hydrogen-bond acceptors (Lipinski definition) is 9. The van der Waals surface area contributed by atoms with Crippen LogP contribution in [0, 0.1) is 5.92 Å². The number of nitrogens with two attached hydrogens (primary N) is 2. The van der Waals surface area contributed by atoms with E-state index in [2.05, 4.69) is 21.3 Å². The predicted octanol–water partition coefficient (Wildman–Crippen LogP) is -3.39. The van der Waals surface area contributed by atoms with Crippen molar-refractivity contribution < 1.29 is 44.1 Å². The summed E-state index contributed by atoms with van der Waals surface area (Å²) in [5.41, 5.74) is 11.0. The Hall–Kier alpha value is -3.30. The van der Waals surface area contributed by atoms with Crippen LogP contribution in [0.25, 0.3) is 0 Å². The van der Waals surface area contributed by atoms with Gasteiger partial charge in [-0.2, -0.15) is 0 Å². The lowest BCUT2D eigenvalue weighted by molar-refractivity contribution is -0.143. The van der Waals surface area contributed by atoms with Crippen LogP contribution < -0.4 is 32.7 Å². The van der Waals surface area contributed by atoms with Gasteiger partial charge in [-0.1, -0.05) is 13.8 Å². The van der Waals surface area contributed by atoms with Gasteiger partial charge in [-0.3, -0.25) is 24.0 Å². The van der Waals surface area contributed by atoms with Crippen molar-refractivity contribution in [3.63, 3.8) is 0 Å². The molecule has 0 aromatic carbocycles. The number of hydrogen-bond donors (Lipinski definition) is 9. The van der Waals surface area contributed by atoms with E-state index < -0.39 is 84.7 Å². The van der Waals surface area contributed by atoms with Crippen LogP contribution in [0.2, 0.25) is 0 Å². The van der Waals surface area contributed by atoms with Crippen molar-refractivity contribution in [3.05, 3.63) is 0 Å². The minimum absolute atomic E-state index is 0.148. The number of carbonyl (C=O) groups excluding carboxylic acids is 4. The third-order valence-electron chi connectivity index (χ3n) is 5.11. The summed E-state index contributed by atoms with van der Waals surface area (Å²) in [4.78, 5) is 72.0. The zero-order chi connectivity index (χ0) is 28.0. The van der Waals surface area contributed by atoms with Gasteiger partial charge in [0.15, 0.2) is 0 Å². The van der Waals surface area contributed by atoms with E-state index >= 15 is 0 Å². The van der Waals surface area contributed by atoms with Gasteiger partial charge < -0.3 is 48.1 Å². The van der Waals surface area contributed by atoms with Gasteiger partial charge in [-0.05, 0) is 38.6 Å². The fourth-order valence-electron chi connectivity index (χ4n) is 2.96. The number of carbonyl (C=O) groups is 6. The van der Waals surface area contributed by atoms with Gasteiger partial charge in [0, 0.05) is 0 Å². The van der Waals surface area contributed by atoms with Crippen LogP contribution in [-0.4, -0.2) is 94.2 Å². The largest absolute Gasteiger partial charge is 0.481 e. The number of carboxylic acids is 2. The number of aliphatic hydroxyl groups is 1. The van der Waals surface area contributed by atoms with E-state index in [9.17, 15) is 28.8 Å². The Morgan fingerprint density at radius 3 is 1.83 bits per heavy atom. The van der Waals surface area contributed by atoms with Crippen LogP contribution in [0.3, 0.4) is 0 Å². The van der Waals surface area contributed by atoms with E-state index in [1.165, 1.54) is 6.92 Å². The smallest absolute Gasteiger partial charge is 0.328 e. The molecule has 15 heteroatoms. The van der Waals surface area contributed by atoms with Crippen LogP contribution in [0.15, 0.2) is 0 Å². The molecule has 0 radical (unpaired) electrons. The molecule has 5 atom stereocenters. The molecule has 0 heterocycles. The molecule has 0 aliphatic heterocycles. The first-order chi connectivity index (χ1) is 16.7. The lowest BCUT2D eigenvalue weighted by atomic mass is 10.0. The maximum Gasteiger partial charge on any atom is 0.328 e. The molecule has 0 fully saturated rings. The third kappa shape index (κ3) is 11.9. The van der Waals surface area contributed by atoms with Crippen LogP contribution in [-0.2, 0) is 28.8 Å². The Morgan fingerprint density at radius 2 is 1.36 bits per heavy atom. The Kier molecular flexibility index (Phi) is 14.9. The molecule has 206 valence electrons. The summed E-state index contributed by atoms with van der Waals surface area (Å²) < 4.78 is 0. The predicted molar refractivity (Wildman–Crippen MR) is 126 cm³/mol. The van der Waals surface area contributed by atoms with Crippen LogP contribution >= 0.6 is 0 Å². The molecular formula is C21H38N6O9. The zero-order valence-corrected chi connectivity index (χ0v) is 20.7. The Bertz CT molecular complexity index is 792. The van der Waals surface area contributed by atoms with Crippen molar-refractivity contribution >= 4 is 35.6 Å². The van der Waals surface area contributed by atoms with Gasteiger partial charge in [0.25, 0.3) is 0 Å². The first-order valence-electron chi connectivity index (χ1n) is 11.5. The summed E-state index contributed by atoms with van der Waals surface area (Å²) in [7, 11) is 0. The average Bonchev–Trinajstić information content (AvgIpc) is 2.78. The summed E-state index contributed by atoms with van der Waals surface area (Å²) in [6, 6.07) is -6.40. The fourth-order valence-corrected chi connectivity index (χ4v) is 2.96. The second-order valence-corrected chi connectivity index (χ2v) is 8.59. The SMILES string of the molecule is CC(C)[C@H](NC(=O)[C@@H](N)CC(=O)O)C(=O)N[C@@H](CCCCN)C(=O)N[C@@H](C)C(=O)N[C@@H](CO)C(=O)O. The second-order valence-electron chi connectivity index (χ2n) is 8.59. The van der Waals surface area contributed by atoms with Gasteiger partial charge in [0.2, 0.25) is 23.6 Å². The standard InChI is InChI=1S/C21H38N6O9/c1-10(2)16(27-18(32)12(23)8-15(29)30)20(34)25-13(6-4-5-7-22)19(33)24-11(3)17(31)26-14(9-28)21(35)36/h10-14,16,28H,4-9,22-23H2,1-3H3,(H,24,33)(H,25,34)(H,26,31)(H,27,32)(H,29,30)(H,35,36)/t11-,12-,13-,14-,16-/m0/s1. The lowest BCUT2D eigenvalue weighted by Gasteiger charge is -2.27. The first kappa shape index (κ1) is 32.7. The minimum atomic E-state index is -1.56. The molecule has 0 aliphatic carbocycles. The molecule has 0 saturated heterocycles. The van der Waals surface area contributed by atoms with Gasteiger partial charge in [-0.25, -0.2) is 4.79 Å². The second kappa shape index (κ2) is 16.4. The maximum absolute atomic E-state index is 12.9. The number of rotatable bonds is 17.